The fourth-order valence-corrected chi connectivity index (χ4v) is 2.01. The van der Waals surface area contributed by atoms with Crippen molar-refractivity contribution in [2.45, 2.75) is 26.3 Å². The van der Waals surface area contributed by atoms with Crippen LogP contribution < -0.4 is 0 Å². The lowest BCUT2D eigenvalue weighted by molar-refractivity contribution is -0.195. The zero-order chi connectivity index (χ0) is 13.0. The van der Waals surface area contributed by atoms with Gasteiger partial charge in [-0.05, 0) is 18.4 Å². The highest BCUT2D eigenvalue weighted by molar-refractivity contribution is 5.65. The summed E-state index contributed by atoms with van der Waals surface area (Å²) in [5.74, 6) is -0.320. The molecule has 0 unspecified atom stereocenters. The number of carbonyl (C=O) groups excluding carboxylic acids is 1. The van der Waals surface area contributed by atoms with E-state index in [1.54, 1.807) is 5.06 Å². The van der Waals surface area contributed by atoms with Crippen LogP contribution in [0.4, 0.5) is 0 Å². The van der Waals surface area contributed by atoms with Gasteiger partial charge >= 0.3 is 5.97 Å². The van der Waals surface area contributed by atoms with Crippen molar-refractivity contribution in [3.63, 3.8) is 0 Å². The van der Waals surface area contributed by atoms with Gasteiger partial charge in [0.05, 0.1) is 13.2 Å². The average Bonchev–Trinajstić information content (AvgIpc) is 3.10. The maximum absolute atomic E-state index is 11.1. The maximum Gasteiger partial charge on any atom is 0.322 e. The number of hydroxylamine groups is 2. The molecule has 1 N–H and O–H groups in total. The Morgan fingerprint density at radius 2 is 2.06 bits per heavy atom. The van der Waals surface area contributed by atoms with Crippen molar-refractivity contribution < 1.29 is 14.7 Å². The van der Waals surface area contributed by atoms with Crippen LogP contribution in [0.15, 0.2) is 30.3 Å². The summed E-state index contributed by atoms with van der Waals surface area (Å²) in [4.78, 5) is 16.3. The van der Waals surface area contributed by atoms with Crippen molar-refractivity contribution in [2.24, 2.45) is 5.41 Å². The first-order valence-corrected chi connectivity index (χ1v) is 6.22. The molecule has 18 heavy (non-hydrogen) atoms. The molecule has 4 nitrogen and oxygen atoms in total. The quantitative estimate of drug-likeness (QED) is 0.780. The predicted molar refractivity (Wildman–Crippen MR) is 67.4 cm³/mol. The summed E-state index contributed by atoms with van der Waals surface area (Å²) in [6.45, 7) is 2.70. The second-order valence-electron chi connectivity index (χ2n) is 5.02. The molecular weight excluding hydrogens is 230 g/mol. The summed E-state index contributed by atoms with van der Waals surface area (Å²) in [6, 6.07) is 9.86. The third-order valence-corrected chi connectivity index (χ3v) is 3.26. The Kier molecular flexibility index (Phi) is 3.99. The molecule has 1 aliphatic carbocycles. The summed E-state index contributed by atoms with van der Waals surface area (Å²) in [5.41, 5.74) is 1.03. The van der Waals surface area contributed by atoms with Gasteiger partial charge in [-0.2, -0.15) is 0 Å². The number of hydrogen-bond donors (Lipinski definition) is 1. The number of benzene rings is 1. The second kappa shape index (κ2) is 5.50. The topological polar surface area (TPSA) is 49.8 Å². The molecule has 2 rings (SSSR count). The van der Waals surface area contributed by atoms with Gasteiger partial charge in [-0.3, -0.25) is 4.79 Å². The van der Waals surface area contributed by atoms with Gasteiger partial charge in [0.1, 0.15) is 0 Å². The fraction of sp³-hybridized carbons (Fsp3) is 0.500. The molecule has 1 aliphatic rings. The van der Waals surface area contributed by atoms with Gasteiger partial charge in [-0.1, -0.05) is 30.3 Å². The third-order valence-electron chi connectivity index (χ3n) is 3.26. The lowest BCUT2D eigenvalue weighted by atomic mass is 10.1. The number of aliphatic hydroxyl groups is 1. The molecule has 0 spiro atoms. The number of rotatable bonds is 6. The molecule has 0 bridgehead atoms. The maximum atomic E-state index is 11.1. The van der Waals surface area contributed by atoms with Gasteiger partial charge in [0.25, 0.3) is 0 Å². The molecule has 1 fully saturated rings. The molecule has 0 heterocycles. The lowest BCUT2D eigenvalue weighted by Gasteiger charge is -2.24. The summed E-state index contributed by atoms with van der Waals surface area (Å²) >= 11 is 0. The number of nitrogens with zero attached hydrogens (tertiary/aromatic N) is 1. The Morgan fingerprint density at radius 1 is 1.39 bits per heavy atom. The van der Waals surface area contributed by atoms with Crippen molar-refractivity contribution >= 4 is 5.97 Å². The zero-order valence-electron chi connectivity index (χ0n) is 10.6. The van der Waals surface area contributed by atoms with Crippen LogP contribution in [-0.4, -0.2) is 29.3 Å². The van der Waals surface area contributed by atoms with Crippen LogP contribution in [0, 0.1) is 5.41 Å². The predicted octanol–water partition coefficient (Wildman–Crippen LogP) is 1.74. The molecule has 1 aromatic rings. The van der Waals surface area contributed by atoms with Crippen LogP contribution in [0.25, 0.3) is 0 Å². The van der Waals surface area contributed by atoms with E-state index >= 15 is 0 Å². The van der Waals surface area contributed by atoms with Crippen molar-refractivity contribution in [3.8, 4) is 0 Å². The Balaban J connectivity index is 1.99. The molecule has 0 aliphatic heterocycles. The highest BCUT2D eigenvalue weighted by Gasteiger charge is 2.44. The van der Waals surface area contributed by atoms with Gasteiger partial charge in [0.2, 0.25) is 0 Å². The molecule has 1 saturated carbocycles. The van der Waals surface area contributed by atoms with Crippen molar-refractivity contribution in [1.29, 1.82) is 0 Å². The fourth-order valence-electron chi connectivity index (χ4n) is 2.01. The number of hydrogen-bond acceptors (Lipinski definition) is 4. The molecule has 1 aromatic carbocycles. The average molecular weight is 249 g/mol. The van der Waals surface area contributed by atoms with Crippen LogP contribution in [0.5, 0.6) is 0 Å². The van der Waals surface area contributed by atoms with Gasteiger partial charge in [-0.25, -0.2) is 0 Å². The van der Waals surface area contributed by atoms with E-state index in [1.165, 1.54) is 6.92 Å². The molecule has 0 saturated heterocycles. The van der Waals surface area contributed by atoms with E-state index in [-0.39, 0.29) is 18.0 Å². The van der Waals surface area contributed by atoms with Gasteiger partial charge in [0.15, 0.2) is 0 Å². The summed E-state index contributed by atoms with van der Waals surface area (Å²) < 4.78 is 0. The smallest absolute Gasteiger partial charge is 0.322 e. The first kappa shape index (κ1) is 13.1. The molecule has 0 amide bonds. The van der Waals surface area contributed by atoms with Gasteiger partial charge in [0, 0.05) is 18.9 Å². The molecule has 98 valence electrons. The van der Waals surface area contributed by atoms with E-state index in [9.17, 15) is 9.90 Å². The minimum atomic E-state index is -0.320. The largest absolute Gasteiger partial charge is 0.396 e. The minimum Gasteiger partial charge on any atom is -0.396 e. The number of aliphatic hydroxyl groups excluding tert-OH is 1. The Hall–Kier alpha value is -1.39. The Bertz CT molecular complexity index is 401. The van der Waals surface area contributed by atoms with E-state index in [0.717, 1.165) is 18.4 Å². The van der Waals surface area contributed by atoms with Gasteiger partial charge < -0.3 is 9.94 Å². The minimum absolute atomic E-state index is 0.0652. The van der Waals surface area contributed by atoms with Crippen LogP contribution in [0.1, 0.15) is 25.3 Å². The SMILES string of the molecule is CC(=O)ON(Cc1ccccc1)CC1(CO)CC1. The molecule has 0 atom stereocenters. The lowest BCUT2D eigenvalue weighted by Crippen LogP contribution is -2.33. The number of carbonyl (C=O) groups is 1. The molecule has 4 heteroatoms. The normalized spacial score (nSPS) is 16.6. The monoisotopic (exact) mass is 249 g/mol. The summed E-state index contributed by atoms with van der Waals surface area (Å²) in [5, 5.41) is 11.0. The van der Waals surface area contributed by atoms with Crippen molar-refractivity contribution in [2.75, 3.05) is 13.2 Å². The van der Waals surface area contributed by atoms with E-state index in [1.807, 2.05) is 30.3 Å². The Labute approximate surface area is 107 Å². The highest BCUT2D eigenvalue weighted by atomic mass is 16.7. The summed E-state index contributed by atoms with van der Waals surface area (Å²) in [7, 11) is 0. The highest BCUT2D eigenvalue weighted by Crippen LogP contribution is 2.45. The van der Waals surface area contributed by atoms with Crippen LogP contribution in [-0.2, 0) is 16.2 Å². The van der Waals surface area contributed by atoms with E-state index in [4.69, 9.17) is 4.84 Å². The summed E-state index contributed by atoms with van der Waals surface area (Å²) in [6.07, 6.45) is 1.99. The molecular formula is C14H19NO3. The standard InChI is InChI=1S/C14H19NO3/c1-12(17)18-15(10-14(11-16)7-8-14)9-13-5-3-2-4-6-13/h2-6,16H,7-11H2,1H3. The van der Waals surface area contributed by atoms with E-state index in [2.05, 4.69) is 0 Å². The van der Waals surface area contributed by atoms with E-state index < -0.39 is 0 Å². The van der Waals surface area contributed by atoms with Crippen LogP contribution in [0.3, 0.4) is 0 Å². The van der Waals surface area contributed by atoms with Crippen molar-refractivity contribution in [3.05, 3.63) is 35.9 Å². The second-order valence-corrected chi connectivity index (χ2v) is 5.02. The van der Waals surface area contributed by atoms with E-state index in [0.29, 0.717) is 13.1 Å². The first-order chi connectivity index (χ1) is 8.63. The van der Waals surface area contributed by atoms with Crippen molar-refractivity contribution in [1.82, 2.24) is 5.06 Å². The first-order valence-electron chi connectivity index (χ1n) is 6.22. The van der Waals surface area contributed by atoms with Crippen LogP contribution in [0.2, 0.25) is 0 Å². The molecule has 0 aromatic heterocycles. The van der Waals surface area contributed by atoms with Crippen LogP contribution >= 0.6 is 0 Å². The third kappa shape index (κ3) is 3.55. The Morgan fingerprint density at radius 3 is 2.56 bits per heavy atom. The van der Waals surface area contributed by atoms with Gasteiger partial charge in [-0.15, -0.1) is 5.06 Å². The zero-order valence-corrected chi connectivity index (χ0v) is 10.6. The molecule has 0 radical (unpaired) electrons.